The number of piperidine rings is 1. The highest BCUT2D eigenvalue weighted by molar-refractivity contribution is 5.84. The summed E-state index contributed by atoms with van der Waals surface area (Å²) in [4.78, 5) is 26.2. The minimum atomic E-state index is -0.523. The Morgan fingerprint density at radius 1 is 1.45 bits per heavy atom. The molecule has 0 aliphatic carbocycles. The van der Waals surface area contributed by atoms with E-state index in [0.717, 1.165) is 18.4 Å². The van der Waals surface area contributed by atoms with E-state index in [9.17, 15) is 9.59 Å². The van der Waals surface area contributed by atoms with Gasteiger partial charge in [0.25, 0.3) is 0 Å². The van der Waals surface area contributed by atoms with Crippen molar-refractivity contribution in [3.8, 4) is 0 Å². The summed E-state index contributed by atoms with van der Waals surface area (Å²) in [6.45, 7) is 8.44. The number of rotatable bonds is 3. The summed E-state index contributed by atoms with van der Waals surface area (Å²) < 4.78 is 10.5. The number of hydrogen-bond acceptors (Lipinski definition) is 5. The molecular weight excluding hydrogens is 284 g/mol. The standard InChI is InChI=1S/C16H24N2O4/c1-11-9-17-22-14(11)8-13(19)12-6-5-7-18(10-12)15(20)21-16(2,3)4/h9,12H,5-8,10H2,1-4H3/t12-/m1/s1. The minimum Gasteiger partial charge on any atom is -0.444 e. The van der Waals surface area contributed by atoms with Gasteiger partial charge in [0, 0.05) is 24.6 Å². The number of hydrogen-bond donors (Lipinski definition) is 0. The molecule has 1 aliphatic rings. The molecule has 0 bridgehead atoms. The van der Waals surface area contributed by atoms with Crippen LogP contribution in [0.5, 0.6) is 0 Å². The van der Waals surface area contributed by atoms with Crippen LogP contribution in [0.3, 0.4) is 0 Å². The number of carbonyl (C=O) groups excluding carboxylic acids is 2. The molecule has 0 aromatic carbocycles. The Balaban J connectivity index is 1.94. The fourth-order valence-corrected chi connectivity index (χ4v) is 2.52. The van der Waals surface area contributed by atoms with Crippen LogP contribution in [0, 0.1) is 12.8 Å². The lowest BCUT2D eigenvalue weighted by molar-refractivity contribution is -0.124. The number of amides is 1. The quantitative estimate of drug-likeness (QED) is 0.858. The van der Waals surface area contributed by atoms with Crippen LogP contribution in [0.25, 0.3) is 0 Å². The molecule has 1 fully saturated rings. The SMILES string of the molecule is Cc1cnoc1CC(=O)[C@@H]1CCCN(C(=O)OC(C)(C)C)C1. The molecule has 6 nitrogen and oxygen atoms in total. The predicted octanol–water partition coefficient (Wildman–Crippen LogP) is 2.74. The van der Waals surface area contributed by atoms with Gasteiger partial charge in [0.1, 0.15) is 17.1 Å². The lowest BCUT2D eigenvalue weighted by Crippen LogP contribution is -2.44. The van der Waals surface area contributed by atoms with E-state index in [1.54, 1.807) is 11.1 Å². The Hall–Kier alpha value is -1.85. The topological polar surface area (TPSA) is 72.6 Å². The Kier molecular flexibility index (Phi) is 4.88. The molecule has 1 aromatic heterocycles. The maximum Gasteiger partial charge on any atom is 0.410 e. The van der Waals surface area contributed by atoms with Crippen LogP contribution in [0.4, 0.5) is 4.79 Å². The van der Waals surface area contributed by atoms with Gasteiger partial charge in [-0.3, -0.25) is 4.79 Å². The van der Waals surface area contributed by atoms with Crippen LogP contribution < -0.4 is 0 Å². The molecule has 0 spiro atoms. The highest BCUT2D eigenvalue weighted by Crippen LogP contribution is 2.22. The van der Waals surface area contributed by atoms with Crippen molar-refractivity contribution in [2.45, 2.75) is 52.6 Å². The smallest absolute Gasteiger partial charge is 0.410 e. The second-order valence-corrected chi connectivity index (χ2v) is 6.84. The normalized spacial score (nSPS) is 19.1. The summed E-state index contributed by atoms with van der Waals surface area (Å²) in [7, 11) is 0. The van der Waals surface area contributed by atoms with Crippen LogP contribution in [0.2, 0.25) is 0 Å². The molecule has 1 amide bonds. The lowest BCUT2D eigenvalue weighted by Gasteiger charge is -2.33. The average molecular weight is 308 g/mol. The third-order valence-corrected chi connectivity index (χ3v) is 3.71. The van der Waals surface area contributed by atoms with Gasteiger partial charge < -0.3 is 14.2 Å². The summed E-state index contributed by atoms with van der Waals surface area (Å²) in [6.07, 6.45) is 3.10. The summed E-state index contributed by atoms with van der Waals surface area (Å²) in [5.41, 5.74) is 0.360. The number of nitrogens with zero attached hydrogens (tertiary/aromatic N) is 2. The largest absolute Gasteiger partial charge is 0.444 e. The van der Waals surface area contributed by atoms with Crippen LogP contribution in [0.15, 0.2) is 10.7 Å². The van der Waals surface area contributed by atoms with Crippen molar-refractivity contribution >= 4 is 11.9 Å². The summed E-state index contributed by atoms with van der Waals surface area (Å²) >= 11 is 0. The monoisotopic (exact) mass is 308 g/mol. The molecule has 2 rings (SSSR count). The molecule has 1 aliphatic heterocycles. The fourth-order valence-electron chi connectivity index (χ4n) is 2.52. The van der Waals surface area contributed by atoms with Gasteiger partial charge in [-0.2, -0.15) is 0 Å². The number of carbonyl (C=O) groups is 2. The van der Waals surface area contributed by atoms with E-state index < -0.39 is 5.60 Å². The van der Waals surface area contributed by atoms with Gasteiger partial charge >= 0.3 is 6.09 Å². The van der Waals surface area contributed by atoms with Crippen LogP contribution in [-0.4, -0.2) is 40.6 Å². The molecule has 0 saturated carbocycles. The van der Waals surface area contributed by atoms with Gasteiger partial charge in [-0.1, -0.05) is 5.16 Å². The number of ketones is 1. The maximum atomic E-state index is 12.4. The molecule has 6 heteroatoms. The zero-order chi connectivity index (χ0) is 16.3. The van der Waals surface area contributed by atoms with Crippen LogP contribution in [-0.2, 0) is 16.0 Å². The first-order valence-corrected chi connectivity index (χ1v) is 7.67. The second kappa shape index (κ2) is 6.50. The Morgan fingerprint density at radius 3 is 2.77 bits per heavy atom. The first-order valence-electron chi connectivity index (χ1n) is 7.67. The number of likely N-dealkylation sites (tertiary alicyclic amines) is 1. The molecular formula is C16H24N2O4. The van der Waals surface area contributed by atoms with Crippen molar-refractivity contribution in [1.29, 1.82) is 0 Å². The molecule has 1 atom stereocenters. The van der Waals surface area contributed by atoms with Crippen LogP contribution >= 0.6 is 0 Å². The molecule has 22 heavy (non-hydrogen) atoms. The number of aromatic nitrogens is 1. The van der Waals surface area contributed by atoms with E-state index in [0.29, 0.717) is 18.8 Å². The van der Waals surface area contributed by atoms with E-state index in [1.165, 1.54) is 0 Å². The van der Waals surface area contributed by atoms with Gasteiger partial charge in [0.2, 0.25) is 0 Å². The van der Waals surface area contributed by atoms with Crippen LogP contribution in [0.1, 0.15) is 44.9 Å². The van der Waals surface area contributed by atoms with E-state index in [2.05, 4.69) is 5.16 Å². The number of aryl methyl sites for hydroxylation is 1. The van der Waals surface area contributed by atoms with E-state index in [1.807, 2.05) is 27.7 Å². The van der Waals surface area contributed by atoms with Gasteiger partial charge in [-0.05, 0) is 40.5 Å². The Morgan fingerprint density at radius 2 is 2.18 bits per heavy atom. The van der Waals surface area contributed by atoms with Crippen molar-refractivity contribution in [3.05, 3.63) is 17.5 Å². The molecule has 1 saturated heterocycles. The van der Waals surface area contributed by atoms with Crippen molar-refractivity contribution < 1.29 is 18.8 Å². The third kappa shape index (κ3) is 4.32. The predicted molar refractivity (Wildman–Crippen MR) is 80.5 cm³/mol. The lowest BCUT2D eigenvalue weighted by atomic mass is 9.91. The maximum absolute atomic E-state index is 12.4. The molecule has 2 heterocycles. The fraction of sp³-hybridized carbons (Fsp3) is 0.688. The number of Topliss-reactive ketones (excluding diaryl/α,β-unsaturated/α-hetero) is 1. The van der Waals surface area contributed by atoms with Crippen molar-refractivity contribution in [2.24, 2.45) is 5.92 Å². The van der Waals surface area contributed by atoms with Crippen molar-refractivity contribution in [2.75, 3.05) is 13.1 Å². The third-order valence-electron chi connectivity index (χ3n) is 3.71. The highest BCUT2D eigenvalue weighted by atomic mass is 16.6. The molecule has 0 radical (unpaired) electrons. The Labute approximate surface area is 130 Å². The zero-order valence-corrected chi connectivity index (χ0v) is 13.7. The summed E-state index contributed by atoms with van der Waals surface area (Å²) in [5, 5.41) is 3.69. The Bertz CT molecular complexity index is 545. The first-order chi connectivity index (χ1) is 10.3. The second-order valence-electron chi connectivity index (χ2n) is 6.84. The number of ether oxygens (including phenoxy) is 1. The van der Waals surface area contributed by atoms with Gasteiger partial charge in [-0.15, -0.1) is 0 Å². The van der Waals surface area contributed by atoms with E-state index in [4.69, 9.17) is 9.26 Å². The molecule has 122 valence electrons. The molecule has 1 aromatic rings. The summed E-state index contributed by atoms with van der Waals surface area (Å²) in [5.74, 6) is 0.540. The minimum absolute atomic E-state index is 0.0908. The molecule has 0 N–H and O–H groups in total. The summed E-state index contributed by atoms with van der Waals surface area (Å²) in [6, 6.07) is 0. The van der Waals surface area contributed by atoms with Crippen molar-refractivity contribution in [3.63, 3.8) is 0 Å². The average Bonchev–Trinajstić information content (AvgIpc) is 2.82. The zero-order valence-electron chi connectivity index (χ0n) is 13.7. The van der Waals surface area contributed by atoms with E-state index >= 15 is 0 Å². The first kappa shape index (κ1) is 16.5. The highest BCUT2D eigenvalue weighted by Gasteiger charge is 2.31. The van der Waals surface area contributed by atoms with E-state index in [-0.39, 0.29) is 24.2 Å². The van der Waals surface area contributed by atoms with Gasteiger partial charge in [-0.25, -0.2) is 4.79 Å². The van der Waals surface area contributed by atoms with Crippen molar-refractivity contribution in [1.82, 2.24) is 10.1 Å². The van der Waals surface area contributed by atoms with Gasteiger partial charge in [0.15, 0.2) is 0 Å². The van der Waals surface area contributed by atoms with Gasteiger partial charge in [0.05, 0.1) is 12.6 Å². The molecule has 0 unspecified atom stereocenters.